The van der Waals surface area contributed by atoms with Crippen LogP contribution in [0.5, 0.6) is 0 Å². The molecule has 0 atom stereocenters. The van der Waals surface area contributed by atoms with Crippen molar-refractivity contribution >= 4 is 11.8 Å². The quantitative estimate of drug-likeness (QED) is 0.755. The van der Waals surface area contributed by atoms with Gasteiger partial charge in [-0.3, -0.25) is 14.5 Å². The number of carbonyl (C=O) groups is 2. The molecular weight excluding hydrogens is 254 g/mol. The molecule has 1 aromatic rings. The minimum absolute atomic E-state index is 0.0845. The van der Waals surface area contributed by atoms with E-state index in [1.165, 1.54) is 11.1 Å². The van der Waals surface area contributed by atoms with Crippen LogP contribution >= 0.6 is 0 Å². The predicted octanol–water partition coefficient (Wildman–Crippen LogP) is 0.332. The molecular formula is C15H23N3O2. The summed E-state index contributed by atoms with van der Waals surface area (Å²) in [6.07, 6.45) is 0.820. The summed E-state index contributed by atoms with van der Waals surface area (Å²) in [6.45, 7) is 3.20. The van der Waals surface area contributed by atoms with Crippen molar-refractivity contribution in [3.8, 4) is 0 Å². The molecule has 0 saturated heterocycles. The summed E-state index contributed by atoms with van der Waals surface area (Å²) >= 11 is 0. The molecule has 0 aliphatic heterocycles. The smallest absolute Gasteiger partial charge is 0.233 e. The van der Waals surface area contributed by atoms with E-state index in [0.717, 1.165) is 6.42 Å². The van der Waals surface area contributed by atoms with Crippen LogP contribution < -0.4 is 10.6 Å². The number of hydrogen-bond acceptors (Lipinski definition) is 3. The Morgan fingerprint density at radius 3 is 2.10 bits per heavy atom. The standard InChI is InChI=1S/C15H23N3O2/c1-12-6-4-5-7-13(12)8-9-18(10-14(19)16-2)11-15(20)17-3/h4-7H,8-11H2,1-3H3,(H,16,19)(H,17,20). The van der Waals surface area contributed by atoms with E-state index in [-0.39, 0.29) is 24.9 Å². The van der Waals surface area contributed by atoms with Gasteiger partial charge in [0.1, 0.15) is 0 Å². The van der Waals surface area contributed by atoms with Crippen LogP contribution in [0.1, 0.15) is 11.1 Å². The number of nitrogens with one attached hydrogen (secondary N) is 2. The van der Waals surface area contributed by atoms with Gasteiger partial charge in [0.15, 0.2) is 0 Å². The fourth-order valence-electron chi connectivity index (χ4n) is 1.95. The van der Waals surface area contributed by atoms with Crippen molar-refractivity contribution in [2.75, 3.05) is 33.7 Å². The number of nitrogens with zero attached hydrogens (tertiary/aromatic N) is 1. The highest BCUT2D eigenvalue weighted by atomic mass is 16.2. The number of benzene rings is 1. The Labute approximate surface area is 120 Å². The Bertz CT molecular complexity index is 442. The van der Waals surface area contributed by atoms with E-state index in [1.54, 1.807) is 14.1 Å². The zero-order chi connectivity index (χ0) is 15.0. The molecule has 0 aliphatic carbocycles. The number of carbonyl (C=O) groups excluding carboxylic acids is 2. The number of aryl methyl sites for hydroxylation is 1. The highest BCUT2D eigenvalue weighted by Crippen LogP contribution is 2.08. The first kappa shape index (κ1) is 16.2. The van der Waals surface area contributed by atoms with Crippen molar-refractivity contribution < 1.29 is 9.59 Å². The largest absolute Gasteiger partial charge is 0.358 e. The average Bonchev–Trinajstić information content (AvgIpc) is 2.45. The summed E-state index contributed by atoms with van der Waals surface area (Å²) in [5.41, 5.74) is 2.47. The van der Waals surface area contributed by atoms with Crippen LogP contribution in [-0.4, -0.2) is 50.4 Å². The lowest BCUT2D eigenvalue weighted by atomic mass is 10.1. The Kier molecular flexibility index (Phi) is 6.73. The molecule has 1 aromatic carbocycles. The Balaban J connectivity index is 2.61. The van der Waals surface area contributed by atoms with Crippen molar-refractivity contribution in [3.63, 3.8) is 0 Å². The SMILES string of the molecule is CNC(=O)CN(CCc1ccccc1C)CC(=O)NC. The van der Waals surface area contributed by atoms with Crippen molar-refractivity contribution in [1.82, 2.24) is 15.5 Å². The number of hydrogen-bond donors (Lipinski definition) is 2. The van der Waals surface area contributed by atoms with Gasteiger partial charge in [-0.15, -0.1) is 0 Å². The number of likely N-dealkylation sites (N-methyl/N-ethyl adjacent to an activating group) is 2. The van der Waals surface area contributed by atoms with E-state index in [1.807, 2.05) is 17.0 Å². The molecule has 0 bridgehead atoms. The molecule has 20 heavy (non-hydrogen) atoms. The van der Waals surface area contributed by atoms with Gasteiger partial charge in [0, 0.05) is 20.6 Å². The summed E-state index contributed by atoms with van der Waals surface area (Å²) in [6, 6.07) is 8.15. The van der Waals surface area contributed by atoms with Crippen LogP contribution in [0.2, 0.25) is 0 Å². The fraction of sp³-hybridized carbons (Fsp3) is 0.467. The van der Waals surface area contributed by atoms with E-state index < -0.39 is 0 Å². The van der Waals surface area contributed by atoms with Gasteiger partial charge in [0.05, 0.1) is 13.1 Å². The van der Waals surface area contributed by atoms with Crippen LogP contribution in [0.3, 0.4) is 0 Å². The molecule has 0 spiro atoms. The molecule has 1 rings (SSSR count). The minimum atomic E-state index is -0.0845. The van der Waals surface area contributed by atoms with E-state index in [0.29, 0.717) is 6.54 Å². The second-order valence-electron chi connectivity index (χ2n) is 4.73. The van der Waals surface area contributed by atoms with Gasteiger partial charge in [-0.25, -0.2) is 0 Å². The molecule has 0 heterocycles. The second-order valence-corrected chi connectivity index (χ2v) is 4.73. The van der Waals surface area contributed by atoms with Crippen molar-refractivity contribution in [2.24, 2.45) is 0 Å². The summed E-state index contributed by atoms with van der Waals surface area (Å²) in [4.78, 5) is 24.8. The van der Waals surface area contributed by atoms with Gasteiger partial charge in [-0.2, -0.15) is 0 Å². The lowest BCUT2D eigenvalue weighted by molar-refractivity contribution is -0.124. The normalized spacial score (nSPS) is 10.4. The van der Waals surface area contributed by atoms with Gasteiger partial charge in [-0.05, 0) is 24.5 Å². The molecule has 0 fully saturated rings. The third-order valence-corrected chi connectivity index (χ3v) is 3.25. The highest BCUT2D eigenvalue weighted by Gasteiger charge is 2.13. The zero-order valence-electron chi connectivity index (χ0n) is 12.4. The lowest BCUT2D eigenvalue weighted by Crippen LogP contribution is -2.42. The molecule has 0 aromatic heterocycles. The second kappa shape index (κ2) is 8.32. The molecule has 2 N–H and O–H groups in total. The summed E-state index contributed by atoms with van der Waals surface area (Å²) in [5, 5.41) is 5.17. The topological polar surface area (TPSA) is 61.4 Å². The van der Waals surface area contributed by atoms with Crippen LogP contribution in [0.4, 0.5) is 0 Å². The maximum Gasteiger partial charge on any atom is 0.233 e. The Hall–Kier alpha value is -1.88. The van der Waals surface area contributed by atoms with E-state index in [4.69, 9.17) is 0 Å². The molecule has 0 unspecified atom stereocenters. The van der Waals surface area contributed by atoms with Crippen molar-refractivity contribution in [2.45, 2.75) is 13.3 Å². The zero-order valence-corrected chi connectivity index (χ0v) is 12.4. The maximum absolute atomic E-state index is 11.5. The van der Waals surface area contributed by atoms with Crippen LogP contribution in [0.15, 0.2) is 24.3 Å². The molecule has 2 amide bonds. The monoisotopic (exact) mass is 277 g/mol. The number of rotatable bonds is 7. The van der Waals surface area contributed by atoms with E-state index in [9.17, 15) is 9.59 Å². The Morgan fingerprint density at radius 1 is 1.05 bits per heavy atom. The first-order chi connectivity index (χ1) is 9.56. The fourth-order valence-corrected chi connectivity index (χ4v) is 1.95. The van der Waals surface area contributed by atoms with Crippen LogP contribution in [0.25, 0.3) is 0 Å². The van der Waals surface area contributed by atoms with Gasteiger partial charge in [0.2, 0.25) is 11.8 Å². The van der Waals surface area contributed by atoms with Gasteiger partial charge in [0.25, 0.3) is 0 Å². The predicted molar refractivity (Wildman–Crippen MR) is 79.5 cm³/mol. The lowest BCUT2D eigenvalue weighted by Gasteiger charge is -2.20. The summed E-state index contributed by atoms with van der Waals surface area (Å²) < 4.78 is 0. The highest BCUT2D eigenvalue weighted by molar-refractivity contribution is 5.80. The van der Waals surface area contributed by atoms with Gasteiger partial charge < -0.3 is 10.6 Å². The van der Waals surface area contributed by atoms with E-state index >= 15 is 0 Å². The third kappa shape index (κ3) is 5.40. The van der Waals surface area contributed by atoms with Crippen LogP contribution in [0, 0.1) is 6.92 Å². The molecule has 5 heteroatoms. The minimum Gasteiger partial charge on any atom is -0.358 e. The van der Waals surface area contributed by atoms with Crippen molar-refractivity contribution in [3.05, 3.63) is 35.4 Å². The molecule has 110 valence electrons. The molecule has 0 saturated carbocycles. The van der Waals surface area contributed by atoms with Crippen LogP contribution in [-0.2, 0) is 16.0 Å². The maximum atomic E-state index is 11.5. The Morgan fingerprint density at radius 2 is 1.60 bits per heavy atom. The molecule has 0 aliphatic rings. The first-order valence-electron chi connectivity index (χ1n) is 6.74. The van der Waals surface area contributed by atoms with Gasteiger partial charge >= 0.3 is 0 Å². The summed E-state index contributed by atoms with van der Waals surface area (Å²) in [5.74, 6) is -0.169. The van der Waals surface area contributed by atoms with Gasteiger partial charge in [-0.1, -0.05) is 24.3 Å². The third-order valence-electron chi connectivity index (χ3n) is 3.25. The summed E-state index contributed by atoms with van der Waals surface area (Å²) in [7, 11) is 3.20. The first-order valence-corrected chi connectivity index (χ1v) is 6.74. The van der Waals surface area contributed by atoms with Crippen molar-refractivity contribution in [1.29, 1.82) is 0 Å². The molecule has 0 radical (unpaired) electrons. The molecule has 5 nitrogen and oxygen atoms in total. The number of amides is 2. The average molecular weight is 277 g/mol. The van der Waals surface area contributed by atoms with E-state index in [2.05, 4.69) is 29.7 Å².